The van der Waals surface area contributed by atoms with E-state index in [1.165, 1.54) is 0 Å². The largest absolute Gasteiger partial charge is 0.479 e. The molecule has 0 aliphatic rings. The van der Waals surface area contributed by atoms with Gasteiger partial charge in [-0.25, -0.2) is 9.78 Å². The van der Waals surface area contributed by atoms with Crippen molar-refractivity contribution in [3.63, 3.8) is 0 Å². The van der Waals surface area contributed by atoms with Crippen LogP contribution in [-0.4, -0.2) is 20.6 Å². The molecule has 1 heterocycles. The minimum atomic E-state index is -0.924. The Bertz CT molecular complexity index is 522. The Labute approximate surface area is 105 Å². The molecule has 0 amide bonds. The van der Waals surface area contributed by atoms with Crippen LogP contribution in [0.5, 0.6) is 0 Å². The number of hydrogen-bond donors (Lipinski definition) is 2. The Hall–Kier alpha value is -2.30. The number of anilines is 1. The van der Waals surface area contributed by atoms with E-state index in [-0.39, 0.29) is 0 Å². The van der Waals surface area contributed by atoms with Crippen molar-refractivity contribution in [1.82, 2.24) is 9.55 Å². The zero-order valence-electron chi connectivity index (χ0n) is 10.1. The molecule has 5 heteroatoms. The average molecular weight is 245 g/mol. The summed E-state index contributed by atoms with van der Waals surface area (Å²) in [7, 11) is 0. The second-order valence-corrected chi connectivity index (χ2v) is 3.86. The third-order valence-corrected chi connectivity index (χ3v) is 2.71. The molecule has 0 fully saturated rings. The fourth-order valence-corrected chi connectivity index (χ4v) is 1.77. The molecule has 0 saturated heterocycles. The maximum absolute atomic E-state index is 11.3. The highest BCUT2D eigenvalue weighted by Gasteiger charge is 2.20. The lowest BCUT2D eigenvalue weighted by Crippen LogP contribution is -2.22. The zero-order valence-corrected chi connectivity index (χ0v) is 10.1. The van der Waals surface area contributed by atoms with Gasteiger partial charge in [0.05, 0.1) is 0 Å². The van der Waals surface area contributed by atoms with Crippen LogP contribution in [0.4, 0.5) is 5.95 Å². The van der Waals surface area contributed by atoms with E-state index in [0.29, 0.717) is 11.5 Å². The quantitative estimate of drug-likeness (QED) is 0.847. The molecule has 18 heavy (non-hydrogen) atoms. The fourth-order valence-electron chi connectivity index (χ4n) is 1.77. The van der Waals surface area contributed by atoms with Gasteiger partial charge in [0, 0.05) is 18.9 Å². The number of aryl methyl sites for hydroxylation is 1. The van der Waals surface area contributed by atoms with E-state index in [1.807, 2.05) is 35.9 Å². The van der Waals surface area contributed by atoms with Crippen LogP contribution >= 0.6 is 0 Å². The number of hydrogen-bond acceptors (Lipinski definition) is 3. The molecule has 1 aromatic heterocycles. The van der Waals surface area contributed by atoms with E-state index in [9.17, 15) is 9.90 Å². The standard InChI is InChI=1S/C13H15N3O2/c1-2-16-9-8-14-13(16)15-11(12(17)18)10-6-4-3-5-7-10/h3-9,11H,2H2,1H3,(H,14,15)(H,17,18). The highest BCUT2D eigenvalue weighted by Crippen LogP contribution is 2.18. The number of carboxylic acids is 1. The normalized spacial score (nSPS) is 12.1. The molecule has 0 bridgehead atoms. The summed E-state index contributed by atoms with van der Waals surface area (Å²) in [6, 6.07) is 8.27. The monoisotopic (exact) mass is 245 g/mol. The van der Waals surface area contributed by atoms with Crippen molar-refractivity contribution in [2.24, 2.45) is 0 Å². The zero-order chi connectivity index (χ0) is 13.0. The van der Waals surface area contributed by atoms with Gasteiger partial charge in [0.2, 0.25) is 5.95 Å². The SMILES string of the molecule is CCn1ccnc1NC(C(=O)O)c1ccccc1. The smallest absolute Gasteiger partial charge is 0.330 e. The molecule has 5 nitrogen and oxygen atoms in total. The highest BCUT2D eigenvalue weighted by atomic mass is 16.4. The van der Waals surface area contributed by atoms with Crippen molar-refractivity contribution in [2.75, 3.05) is 5.32 Å². The second-order valence-electron chi connectivity index (χ2n) is 3.86. The molecule has 0 saturated carbocycles. The van der Waals surface area contributed by atoms with Crippen molar-refractivity contribution >= 4 is 11.9 Å². The summed E-state index contributed by atoms with van der Waals surface area (Å²) in [5, 5.41) is 12.2. The highest BCUT2D eigenvalue weighted by molar-refractivity contribution is 5.78. The summed E-state index contributed by atoms with van der Waals surface area (Å²) in [5.41, 5.74) is 0.704. The molecule has 0 radical (unpaired) electrons. The number of benzene rings is 1. The first-order valence-electron chi connectivity index (χ1n) is 5.77. The Morgan fingerprint density at radius 1 is 1.44 bits per heavy atom. The lowest BCUT2D eigenvalue weighted by molar-refractivity contribution is -0.138. The van der Waals surface area contributed by atoms with Crippen LogP contribution in [0.25, 0.3) is 0 Å². The number of aromatic nitrogens is 2. The molecule has 0 aliphatic carbocycles. The number of nitrogens with zero attached hydrogens (tertiary/aromatic N) is 2. The topological polar surface area (TPSA) is 67.2 Å². The van der Waals surface area contributed by atoms with E-state index in [0.717, 1.165) is 6.54 Å². The van der Waals surface area contributed by atoms with Crippen molar-refractivity contribution in [3.05, 3.63) is 48.3 Å². The van der Waals surface area contributed by atoms with E-state index in [1.54, 1.807) is 18.3 Å². The van der Waals surface area contributed by atoms with Gasteiger partial charge in [0.15, 0.2) is 6.04 Å². The lowest BCUT2D eigenvalue weighted by Gasteiger charge is -2.16. The molecule has 1 aromatic carbocycles. The first kappa shape index (κ1) is 12.2. The summed E-state index contributed by atoms with van der Waals surface area (Å²) >= 11 is 0. The van der Waals surface area contributed by atoms with Crippen LogP contribution in [0.3, 0.4) is 0 Å². The molecule has 1 unspecified atom stereocenters. The molecule has 0 spiro atoms. The molecule has 0 aliphatic heterocycles. The van der Waals surface area contributed by atoms with E-state index in [4.69, 9.17) is 0 Å². The molecule has 1 atom stereocenters. The first-order valence-corrected chi connectivity index (χ1v) is 5.77. The number of carbonyl (C=O) groups is 1. The third-order valence-electron chi connectivity index (χ3n) is 2.71. The van der Waals surface area contributed by atoms with Gasteiger partial charge in [-0.1, -0.05) is 30.3 Å². The van der Waals surface area contributed by atoms with Crippen LogP contribution < -0.4 is 5.32 Å². The number of imidazole rings is 1. The summed E-state index contributed by atoms with van der Waals surface area (Å²) in [4.78, 5) is 15.4. The predicted molar refractivity (Wildman–Crippen MR) is 68.3 cm³/mol. The van der Waals surface area contributed by atoms with Crippen molar-refractivity contribution in [3.8, 4) is 0 Å². The number of rotatable bonds is 5. The predicted octanol–water partition coefficient (Wildman–Crippen LogP) is 2.14. The van der Waals surface area contributed by atoms with Gasteiger partial charge < -0.3 is 15.0 Å². The average Bonchev–Trinajstić information content (AvgIpc) is 2.83. The van der Waals surface area contributed by atoms with Gasteiger partial charge >= 0.3 is 5.97 Å². The summed E-state index contributed by atoms with van der Waals surface area (Å²) in [5.74, 6) is -0.361. The summed E-state index contributed by atoms with van der Waals surface area (Å²) in [6.45, 7) is 2.72. The Morgan fingerprint density at radius 3 is 2.78 bits per heavy atom. The van der Waals surface area contributed by atoms with Gasteiger partial charge in [0.25, 0.3) is 0 Å². The van der Waals surface area contributed by atoms with Crippen molar-refractivity contribution in [2.45, 2.75) is 19.5 Å². The van der Waals surface area contributed by atoms with Crippen molar-refractivity contribution in [1.29, 1.82) is 0 Å². The van der Waals surface area contributed by atoms with Crippen molar-refractivity contribution < 1.29 is 9.90 Å². The molecule has 94 valence electrons. The minimum Gasteiger partial charge on any atom is -0.479 e. The molecular formula is C13H15N3O2. The van der Waals surface area contributed by atoms with Gasteiger partial charge in [0.1, 0.15) is 0 Å². The Morgan fingerprint density at radius 2 is 2.17 bits per heavy atom. The molecule has 2 aromatic rings. The number of aliphatic carboxylic acids is 1. The molecule has 2 N–H and O–H groups in total. The summed E-state index contributed by atoms with van der Waals surface area (Å²) in [6.07, 6.45) is 3.46. The summed E-state index contributed by atoms with van der Waals surface area (Å²) < 4.78 is 1.86. The Kier molecular flexibility index (Phi) is 3.62. The number of nitrogens with one attached hydrogen (secondary N) is 1. The van der Waals surface area contributed by atoms with Crippen LogP contribution in [0, 0.1) is 0 Å². The number of carboxylic acid groups (broad SMARTS) is 1. The first-order chi connectivity index (χ1) is 8.72. The van der Waals surface area contributed by atoms with Gasteiger partial charge in [-0.2, -0.15) is 0 Å². The molecule has 2 rings (SSSR count). The van der Waals surface area contributed by atoms with Gasteiger partial charge in [-0.15, -0.1) is 0 Å². The van der Waals surface area contributed by atoms with E-state index in [2.05, 4.69) is 10.3 Å². The van der Waals surface area contributed by atoms with Gasteiger partial charge in [-0.3, -0.25) is 0 Å². The van der Waals surface area contributed by atoms with Gasteiger partial charge in [-0.05, 0) is 12.5 Å². The second kappa shape index (κ2) is 5.35. The van der Waals surface area contributed by atoms with Crippen LogP contribution in [0.15, 0.2) is 42.7 Å². The van der Waals surface area contributed by atoms with E-state index < -0.39 is 12.0 Å². The third kappa shape index (κ3) is 2.51. The Balaban J connectivity index is 2.25. The maximum Gasteiger partial charge on any atom is 0.330 e. The van der Waals surface area contributed by atoms with Crippen LogP contribution in [0.2, 0.25) is 0 Å². The maximum atomic E-state index is 11.3. The van der Waals surface area contributed by atoms with Crippen LogP contribution in [0.1, 0.15) is 18.5 Å². The van der Waals surface area contributed by atoms with E-state index >= 15 is 0 Å². The fraction of sp³-hybridized carbons (Fsp3) is 0.231. The molecular weight excluding hydrogens is 230 g/mol. The lowest BCUT2D eigenvalue weighted by atomic mass is 10.1. The minimum absolute atomic E-state index is 0.564. The van der Waals surface area contributed by atoms with Crippen LogP contribution in [-0.2, 0) is 11.3 Å².